The molecule has 0 spiro atoms. The molecule has 2 heterocycles. The van der Waals surface area contributed by atoms with Crippen molar-refractivity contribution in [2.45, 2.75) is 0 Å². The SMILES string of the molecule is Cn1ccc2cccc(-c3cnoc3N)c21. The number of fused-ring (bicyclic) bond motifs is 1. The molecule has 0 saturated heterocycles. The third-order valence-electron chi connectivity index (χ3n) is 2.79. The van der Waals surface area contributed by atoms with E-state index in [2.05, 4.69) is 21.9 Å². The minimum Gasteiger partial charge on any atom is -0.367 e. The number of nitrogen functional groups attached to an aromatic ring is 1. The van der Waals surface area contributed by atoms with Gasteiger partial charge in [-0.1, -0.05) is 23.4 Å². The van der Waals surface area contributed by atoms with Crippen LogP contribution in [-0.2, 0) is 7.05 Å². The molecule has 0 aliphatic rings. The highest BCUT2D eigenvalue weighted by Crippen LogP contribution is 2.32. The van der Waals surface area contributed by atoms with Gasteiger partial charge in [-0.15, -0.1) is 0 Å². The summed E-state index contributed by atoms with van der Waals surface area (Å²) in [6.45, 7) is 0. The Morgan fingerprint density at radius 2 is 2.12 bits per heavy atom. The summed E-state index contributed by atoms with van der Waals surface area (Å²) in [5, 5.41) is 4.89. The molecule has 0 radical (unpaired) electrons. The second-order valence-electron chi connectivity index (χ2n) is 3.77. The Labute approximate surface area is 92.3 Å². The normalized spacial score (nSPS) is 11.1. The number of hydrogen-bond acceptors (Lipinski definition) is 3. The van der Waals surface area contributed by atoms with Gasteiger partial charge in [-0.2, -0.15) is 0 Å². The standard InChI is InChI=1S/C12H11N3O/c1-15-6-5-8-3-2-4-9(11(8)15)10-7-14-16-12(10)13/h2-7H,13H2,1H3. The van der Waals surface area contributed by atoms with Gasteiger partial charge in [-0.05, 0) is 6.07 Å². The van der Waals surface area contributed by atoms with Crippen LogP contribution in [0.15, 0.2) is 41.2 Å². The first kappa shape index (κ1) is 9.03. The Kier molecular flexibility index (Phi) is 1.77. The van der Waals surface area contributed by atoms with Crippen molar-refractivity contribution >= 4 is 16.8 Å². The number of nitrogens with zero attached hydrogens (tertiary/aromatic N) is 2. The molecule has 0 unspecified atom stereocenters. The van der Waals surface area contributed by atoms with Gasteiger partial charge in [0.05, 0.1) is 17.3 Å². The van der Waals surface area contributed by atoms with Gasteiger partial charge in [0.25, 0.3) is 0 Å². The number of hydrogen-bond donors (Lipinski definition) is 1. The van der Waals surface area contributed by atoms with Crippen LogP contribution < -0.4 is 5.73 Å². The quantitative estimate of drug-likeness (QED) is 0.675. The molecule has 1 aromatic carbocycles. The highest BCUT2D eigenvalue weighted by Gasteiger charge is 2.12. The highest BCUT2D eigenvalue weighted by atomic mass is 16.5. The van der Waals surface area contributed by atoms with E-state index in [0.29, 0.717) is 5.88 Å². The van der Waals surface area contributed by atoms with E-state index in [1.54, 1.807) is 6.20 Å². The van der Waals surface area contributed by atoms with Crippen molar-refractivity contribution in [1.29, 1.82) is 0 Å². The second kappa shape index (κ2) is 3.13. The fourth-order valence-electron chi connectivity index (χ4n) is 2.02. The predicted molar refractivity (Wildman–Crippen MR) is 62.8 cm³/mol. The molecule has 16 heavy (non-hydrogen) atoms. The van der Waals surface area contributed by atoms with Crippen molar-refractivity contribution in [2.24, 2.45) is 7.05 Å². The van der Waals surface area contributed by atoms with Crippen molar-refractivity contribution in [2.75, 3.05) is 5.73 Å². The molecule has 0 atom stereocenters. The molecule has 3 aromatic rings. The molecule has 0 fully saturated rings. The molecular weight excluding hydrogens is 202 g/mol. The molecule has 80 valence electrons. The van der Waals surface area contributed by atoms with Gasteiger partial charge in [0.15, 0.2) is 0 Å². The first-order valence-electron chi connectivity index (χ1n) is 5.02. The van der Waals surface area contributed by atoms with Crippen molar-refractivity contribution < 1.29 is 4.52 Å². The summed E-state index contributed by atoms with van der Waals surface area (Å²) in [5.74, 6) is 0.355. The van der Waals surface area contributed by atoms with Crippen LogP contribution in [0.3, 0.4) is 0 Å². The third-order valence-corrected chi connectivity index (χ3v) is 2.79. The van der Waals surface area contributed by atoms with E-state index < -0.39 is 0 Å². The van der Waals surface area contributed by atoms with Crippen molar-refractivity contribution in [3.05, 3.63) is 36.7 Å². The number of rotatable bonds is 1. The zero-order chi connectivity index (χ0) is 11.1. The van der Waals surface area contributed by atoms with Crippen molar-refractivity contribution in [3.8, 4) is 11.1 Å². The maximum Gasteiger partial charge on any atom is 0.230 e. The topological polar surface area (TPSA) is 57.0 Å². The van der Waals surface area contributed by atoms with E-state index in [1.807, 2.05) is 25.4 Å². The second-order valence-corrected chi connectivity index (χ2v) is 3.77. The molecule has 0 aliphatic heterocycles. The minimum absolute atomic E-state index is 0.355. The van der Waals surface area contributed by atoms with E-state index in [-0.39, 0.29) is 0 Å². The maximum absolute atomic E-state index is 5.74. The van der Waals surface area contributed by atoms with Gasteiger partial charge in [-0.3, -0.25) is 0 Å². The third kappa shape index (κ3) is 1.13. The summed E-state index contributed by atoms with van der Waals surface area (Å²) >= 11 is 0. The fraction of sp³-hybridized carbons (Fsp3) is 0.0833. The molecular formula is C12H11N3O. The van der Waals surface area contributed by atoms with Gasteiger partial charge >= 0.3 is 0 Å². The molecule has 0 saturated carbocycles. The molecule has 2 aromatic heterocycles. The summed E-state index contributed by atoms with van der Waals surface area (Å²) in [7, 11) is 2.01. The van der Waals surface area contributed by atoms with Crippen LogP contribution in [0.1, 0.15) is 0 Å². The smallest absolute Gasteiger partial charge is 0.230 e. The molecule has 4 nitrogen and oxygen atoms in total. The summed E-state index contributed by atoms with van der Waals surface area (Å²) < 4.78 is 6.97. The number of aryl methyl sites for hydroxylation is 1. The van der Waals surface area contributed by atoms with Gasteiger partial charge in [0.1, 0.15) is 0 Å². The molecule has 0 bridgehead atoms. The largest absolute Gasteiger partial charge is 0.367 e. The van der Waals surface area contributed by atoms with Crippen LogP contribution in [0, 0.1) is 0 Å². The van der Waals surface area contributed by atoms with Crippen LogP contribution in [0.4, 0.5) is 5.88 Å². The zero-order valence-corrected chi connectivity index (χ0v) is 8.84. The Hall–Kier alpha value is -2.23. The first-order chi connectivity index (χ1) is 7.77. The Morgan fingerprint density at radius 1 is 1.25 bits per heavy atom. The summed E-state index contributed by atoms with van der Waals surface area (Å²) in [6.07, 6.45) is 3.68. The lowest BCUT2D eigenvalue weighted by molar-refractivity contribution is 0.436. The number of para-hydroxylation sites is 1. The molecule has 0 aliphatic carbocycles. The minimum atomic E-state index is 0.355. The van der Waals surface area contributed by atoms with E-state index >= 15 is 0 Å². The van der Waals surface area contributed by atoms with Crippen LogP contribution in [0.25, 0.3) is 22.0 Å². The molecule has 3 rings (SSSR count). The first-order valence-corrected chi connectivity index (χ1v) is 5.02. The fourth-order valence-corrected chi connectivity index (χ4v) is 2.02. The monoisotopic (exact) mass is 213 g/mol. The summed E-state index contributed by atoms with van der Waals surface area (Å²) in [4.78, 5) is 0. The zero-order valence-electron chi connectivity index (χ0n) is 8.84. The summed E-state index contributed by atoms with van der Waals surface area (Å²) in [5.41, 5.74) is 8.77. The van der Waals surface area contributed by atoms with Crippen LogP contribution in [0.2, 0.25) is 0 Å². The lowest BCUT2D eigenvalue weighted by Crippen LogP contribution is -1.90. The Morgan fingerprint density at radius 3 is 2.88 bits per heavy atom. The van der Waals surface area contributed by atoms with Crippen LogP contribution in [-0.4, -0.2) is 9.72 Å². The van der Waals surface area contributed by atoms with Gasteiger partial charge in [-0.25, -0.2) is 0 Å². The van der Waals surface area contributed by atoms with Crippen molar-refractivity contribution in [3.63, 3.8) is 0 Å². The average molecular weight is 213 g/mol. The molecule has 4 heteroatoms. The van der Waals surface area contributed by atoms with Crippen LogP contribution in [0.5, 0.6) is 0 Å². The number of benzene rings is 1. The lowest BCUT2D eigenvalue weighted by atomic mass is 10.1. The molecule has 0 amide bonds. The highest BCUT2D eigenvalue weighted by molar-refractivity contribution is 5.96. The Bertz CT molecular complexity index is 651. The van der Waals surface area contributed by atoms with E-state index in [1.165, 1.54) is 5.39 Å². The van der Waals surface area contributed by atoms with E-state index in [0.717, 1.165) is 16.6 Å². The van der Waals surface area contributed by atoms with Crippen molar-refractivity contribution in [1.82, 2.24) is 9.72 Å². The van der Waals surface area contributed by atoms with Gasteiger partial charge in [0.2, 0.25) is 5.88 Å². The van der Waals surface area contributed by atoms with Gasteiger partial charge < -0.3 is 14.8 Å². The average Bonchev–Trinajstić information content (AvgIpc) is 2.86. The van der Waals surface area contributed by atoms with Crippen LogP contribution >= 0.6 is 0 Å². The Balaban J connectivity index is 2.39. The predicted octanol–water partition coefficient (Wildman–Crippen LogP) is 2.42. The number of nitrogens with two attached hydrogens (primary N) is 1. The molecule has 2 N–H and O–H groups in total. The van der Waals surface area contributed by atoms with E-state index in [4.69, 9.17) is 10.3 Å². The number of anilines is 1. The van der Waals surface area contributed by atoms with Gasteiger partial charge in [0, 0.05) is 24.2 Å². The lowest BCUT2D eigenvalue weighted by Gasteiger charge is -2.03. The summed E-state index contributed by atoms with van der Waals surface area (Å²) in [6, 6.07) is 8.17. The van der Waals surface area contributed by atoms with E-state index in [9.17, 15) is 0 Å². The maximum atomic E-state index is 5.74. The number of aromatic nitrogens is 2.